The summed E-state index contributed by atoms with van der Waals surface area (Å²) in [5, 5.41) is 0. The van der Waals surface area contributed by atoms with Crippen LogP contribution >= 0.6 is 11.8 Å². The average Bonchev–Trinajstić information content (AvgIpc) is 3.14. The molecule has 4 atom stereocenters. The van der Waals surface area contributed by atoms with Crippen LogP contribution in [-0.2, 0) is 43.5 Å². The molecule has 47 heavy (non-hydrogen) atoms. The van der Waals surface area contributed by atoms with Gasteiger partial charge in [0.05, 0.1) is 32.0 Å². The van der Waals surface area contributed by atoms with Crippen LogP contribution in [-0.4, -0.2) is 43.4 Å². The maximum Gasteiger partial charge on any atom is 0.338 e. The van der Waals surface area contributed by atoms with Crippen molar-refractivity contribution in [3.63, 3.8) is 0 Å². The number of benzene rings is 5. The van der Waals surface area contributed by atoms with Gasteiger partial charge in [-0.05, 0) is 41.0 Å². The molecular formula is C40H40O6S. The standard InChI is InChI=1S/C40H40O6S/c1-42-40(47-35-25-15-6-16-26-35)38(45-29-33-21-11-4-12-22-33)37(44-28-32-19-9-3-10-20-32)36(30-43-27-31-17-7-2-8-18-31)46-39(41)34-23-13-5-14-24-34/h2-26,36-38,40H,27-30H2,1H3/t36-,37+,38-,40-/m1/s1. The Kier molecular flexibility index (Phi) is 13.6. The Morgan fingerprint density at radius 3 is 1.53 bits per heavy atom. The van der Waals surface area contributed by atoms with Crippen LogP contribution in [0.4, 0.5) is 0 Å². The van der Waals surface area contributed by atoms with Crippen LogP contribution in [0.3, 0.4) is 0 Å². The van der Waals surface area contributed by atoms with Crippen LogP contribution in [0, 0.1) is 0 Å². The van der Waals surface area contributed by atoms with E-state index < -0.39 is 29.7 Å². The van der Waals surface area contributed by atoms with Crippen molar-refractivity contribution in [2.24, 2.45) is 0 Å². The van der Waals surface area contributed by atoms with E-state index in [1.54, 1.807) is 19.2 Å². The summed E-state index contributed by atoms with van der Waals surface area (Å²) in [5.74, 6) is -0.473. The summed E-state index contributed by atoms with van der Waals surface area (Å²) in [5.41, 5.74) is 2.90. The first-order chi connectivity index (χ1) is 23.2. The second-order valence-corrected chi connectivity index (χ2v) is 12.0. The number of carbonyl (C=O) groups excluding carboxylic acids is 1. The molecule has 0 aliphatic rings. The fraction of sp³-hybridized carbons (Fsp3) is 0.225. The lowest BCUT2D eigenvalue weighted by Gasteiger charge is -2.36. The van der Waals surface area contributed by atoms with E-state index in [0.29, 0.717) is 18.8 Å². The molecule has 5 aromatic rings. The highest BCUT2D eigenvalue weighted by molar-refractivity contribution is 7.99. The average molecular weight is 649 g/mol. The van der Waals surface area contributed by atoms with Crippen molar-refractivity contribution in [3.8, 4) is 0 Å². The Morgan fingerprint density at radius 2 is 1.02 bits per heavy atom. The van der Waals surface area contributed by atoms with Crippen LogP contribution < -0.4 is 0 Å². The molecule has 0 N–H and O–H groups in total. The van der Waals surface area contributed by atoms with E-state index in [9.17, 15) is 4.79 Å². The van der Waals surface area contributed by atoms with Gasteiger partial charge in [-0.15, -0.1) is 0 Å². The zero-order valence-electron chi connectivity index (χ0n) is 26.4. The molecule has 0 bridgehead atoms. The molecule has 5 aromatic carbocycles. The van der Waals surface area contributed by atoms with E-state index in [2.05, 4.69) is 0 Å². The number of methoxy groups -OCH3 is 1. The van der Waals surface area contributed by atoms with Crippen LogP contribution in [0.2, 0.25) is 0 Å². The van der Waals surface area contributed by atoms with Gasteiger partial charge in [0.1, 0.15) is 17.6 Å². The number of ether oxygens (including phenoxy) is 5. The molecule has 6 nitrogen and oxygen atoms in total. The van der Waals surface area contributed by atoms with Crippen molar-refractivity contribution in [3.05, 3.63) is 174 Å². The molecule has 0 unspecified atom stereocenters. The summed E-state index contributed by atoms with van der Waals surface area (Å²) < 4.78 is 32.1. The lowest BCUT2D eigenvalue weighted by Crippen LogP contribution is -2.50. The van der Waals surface area contributed by atoms with Gasteiger partial charge in [-0.1, -0.05) is 139 Å². The number of rotatable bonds is 18. The molecule has 0 aromatic heterocycles. The van der Waals surface area contributed by atoms with Crippen LogP contribution in [0.15, 0.2) is 157 Å². The summed E-state index contributed by atoms with van der Waals surface area (Å²) in [4.78, 5) is 14.6. The highest BCUT2D eigenvalue weighted by Gasteiger charge is 2.40. The maximum absolute atomic E-state index is 13.6. The van der Waals surface area contributed by atoms with Crippen molar-refractivity contribution >= 4 is 17.7 Å². The third-order valence-electron chi connectivity index (χ3n) is 7.42. The molecule has 5 rings (SSSR count). The van der Waals surface area contributed by atoms with Gasteiger partial charge in [0.2, 0.25) is 0 Å². The Labute approximate surface area is 281 Å². The predicted octanol–water partition coefficient (Wildman–Crippen LogP) is 8.36. The minimum absolute atomic E-state index is 0.0740. The molecule has 0 radical (unpaired) electrons. The largest absolute Gasteiger partial charge is 0.453 e. The minimum atomic E-state index is -0.843. The molecule has 0 heterocycles. The first-order valence-corrected chi connectivity index (χ1v) is 16.5. The number of hydrogen-bond donors (Lipinski definition) is 0. The van der Waals surface area contributed by atoms with Gasteiger partial charge in [0.15, 0.2) is 6.10 Å². The van der Waals surface area contributed by atoms with E-state index in [4.69, 9.17) is 23.7 Å². The number of esters is 1. The maximum atomic E-state index is 13.6. The first kappa shape index (κ1) is 34.1. The summed E-state index contributed by atoms with van der Waals surface area (Å²) >= 11 is 1.53. The fourth-order valence-electron chi connectivity index (χ4n) is 5.00. The topological polar surface area (TPSA) is 63.2 Å². The zero-order valence-corrected chi connectivity index (χ0v) is 27.2. The molecular weight excluding hydrogens is 609 g/mol. The van der Waals surface area contributed by atoms with Crippen LogP contribution in [0.1, 0.15) is 27.0 Å². The molecule has 0 aliphatic carbocycles. The second kappa shape index (κ2) is 18.8. The van der Waals surface area contributed by atoms with Crippen LogP contribution in [0.25, 0.3) is 0 Å². The lowest BCUT2D eigenvalue weighted by atomic mass is 10.1. The summed E-state index contributed by atoms with van der Waals surface area (Å²) in [6.45, 7) is 0.982. The SMILES string of the molecule is CO[C@H](Sc1ccccc1)[C@H](OCc1ccccc1)[C@@H](OCc1ccccc1)[C@@H](COCc1ccccc1)OC(=O)c1ccccc1. The third kappa shape index (κ3) is 10.9. The molecule has 0 saturated carbocycles. The van der Waals surface area contributed by atoms with Gasteiger partial charge in [-0.25, -0.2) is 4.79 Å². The van der Waals surface area contributed by atoms with Crippen molar-refractivity contribution in [1.29, 1.82) is 0 Å². The van der Waals surface area contributed by atoms with Gasteiger partial charge in [0, 0.05) is 12.0 Å². The van der Waals surface area contributed by atoms with Gasteiger partial charge in [0.25, 0.3) is 0 Å². The Bertz CT molecular complexity index is 1570. The Hall–Kier alpha value is -4.24. The summed E-state index contributed by atoms with van der Waals surface area (Å²) in [6.07, 6.45) is -2.29. The first-order valence-electron chi connectivity index (χ1n) is 15.6. The number of carbonyl (C=O) groups is 1. The van der Waals surface area contributed by atoms with E-state index in [1.807, 2.05) is 140 Å². The molecule has 7 heteroatoms. The summed E-state index contributed by atoms with van der Waals surface area (Å²) in [7, 11) is 1.66. The van der Waals surface area contributed by atoms with Crippen molar-refractivity contribution in [2.45, 2.75) is 48.5 Å². The van der Waals surface area contributed by atoms with Crippen molar-refractivity contribution in [1.82, 2.24) is 0 Å². The molecule has 0 spiro atoms. The normalized spacial score (nSPS) is 13.7. The van der Waals surface area contributed by atoms with E-state index in [-0.39, 0.29) is 13.2 Å². The molecule has 0 aliphatic heterocycles. The highest BCUT2D eigenvalue weighted by Crippen LogP contribution is 2.32. The highest BCUT2D eigenvalue weighted by atomic mass is 32.2. The lowest BCUT2D eigenvalue weighted by molar-refractivity contribution is -0.167. The zero-order chi connectivity index (χ0) is 32.5. The second-order valence-electron chi connectivity index (χ2n) is 10.9. The number of hydrogen-bond acceptors (Lipinski definition) is 7. The van der Waals surface area contributed by atoms with Gasteiger partial charge >= 0.3 is 5.97 Å². The van der Waals surface area contributed by atoms with Gasteiger partial charge in [-0.3, -0.25) is 0 Å². The van der Waals surface area contributed by atoms with E-state index in [1.165, 1.54) is 11.8 Å². The van der Waals surface area contributed by atoms with E-state index >= 15 is 0 Å². The Morgan fingerprint density at radius 1 is 0.574 bits per heavy atom. The van der Waals surface area contributed by atoms with Crippen molar-refractivity contribution in [2.75, 3.05) is 13.7 Å². The minimum Gasteiger partial charge on any atom is -0.453 e. The van der Waals surface area contributed by atoms with Crippen molar-refractivity contribution < 1.29 is 28.5 Å². The summed E-state index contributed by atoms with van der Waals surface area (Å²) in [6, 6.07) is 48.7. The van der Waals surface area contributed by atoms with E-state index in [0.717, 1.165) is 21.6 Å². The van der Waals surface area contributed by atoms with Crippen LogP contribution in [0.5, 0.6) is 0 Å². The molecule has 242 valence electrons. The predicted molar refractivity (Wildman–Crippen MR) is 185 cm³/mol. The monoisotopic (exact) mass is 648 g/mol. The van der Waals surface area contributed by atoms with Gasteiger partial charge in [-0.2, -0.15) is 0 Å². The quantitative estimate of drug-likeness (QED) is 0.0538. The molecule has 0 amide bonds. The van der Waals surface area contributed by atoms with Gasteiger partial charge < -0.3 is 23.7 Å². The Balaban J connectivity index is 1.50. The fourth-order valence-corrected chi connectivity index (χ4v) is 6.05. The number of thioether (sulfide) groups is 1. The smallest absolute Gasteiger partial charge is 0.338 e. The molecule has 0 saturated heterocycles. The molecule has 0 fully saturated rings. The third-order valence-corrected chi connectivity index (χ3v) is 8.66.